The van der Waals surface area contributed by atoms with Gasteiger partial charge in [0.25, 0.3) is 0 Å². The summed E-state index contributed by atoms with van der Waals surface area (Å²) >= 11 is 0. The molecule has 3 amide bonds. The van der Waals surface area contributed by atoms with Crippen LogP contribution in [-0.2, 0) is 14.4 Å². The van der Waals surface area contributed by atoms with E-state index < -0.39 is 11.9 Å². The van der Waals surface area contributed by atoms with E-state index in [2.05, 4.69) is 10.6 Å². The number of hydrogen-bond donors (Lipinski definition) is 3. The summed E-state index contributed by atoms with van der Waals surface area (Å²) < 4.78 is 0. The molecule has 0 aliphatic carbocycles. The maximum absolute atomic E-state index is 11.6. The van der Waals surface area contributed by atoms with E-state index in [1.807, 2.05) is 13.8 Å². The third-order valence-electron chi connectivity index (χ3n) is 2.69. The summed E-state index contributed by atoms with van der Waals surface area (Å²) in [5, 5.41) is 5.23. The van der Waals surface area contributed by atoms with Gasteiger partial charge in [0.2, 0.25) is 18.2 Å². The van der Waals surface area contributed by atoms with E-state index in [-0.39, 0.29) is 5.91 Å². The number of carbonyl (C=O) groups excluding carboxylic acids is 3. The minimum Gasteiger partial charge on any atom is -0.368 e. The summed E-state index contributed by atoms with van der Waals surface area (Å²) in [6, 6.07) is -0.579. The van der Waals surface area contributed by atoms with Crippen LogP contribution in [-0.4, -0.2) is 30.8 Å². The van der Waals surface area contributed by atoms with E-state index in [1.54, 1.807) is 0 Å². The average molecular weight is 271 g/mol. The lowest BCUT2D eigenvalue weighted by Crippen LogP contribution is -2.45. The number of amides is 3. The smallest absolute Gasteiger partial charge is 0.240 e. The van der Waals surface area contributed by atoms with Gasteiger partial charge in [-0.2, -0.15) is 0 Å². The Labute approximate surface area is 114 Å². The molecule has 6 nitrogen and oxygen atoms in total. The molecule has 19 heavy (non-hydrogen) atoms. The number of nitrogens with one attached hydrogen (secondary N) is 2. The number of carbonyl (C=O) groups is 3. The molecular formula is C13H25N3O3. The molecule has 0 fully saturated rings. The van der Waals surface area contributed by atoms with Gasteiger partial charge in [-0.25, -0.2) is 0 Å². The second-order valence-corrected chi connectivity index (χ2v) is 5.03. The van der Waals surface area contributed by atoms with Crippen LogP contribution in [0.4, 0.5) is 0 Å². The predicted molar refractivity (Wildman–Crippen MR) is 73.1 cm³/mol. The highest BCUT2D eigenvalue weighted by Gasteiger charge is 2.18. The van der Waals surface area contributed by atoms with Crippen molar-refractivity contribution >= 4 is 18.2 Å². The van der Waals surface area contributed by atoms with Crippen LogP contribution in [0.15, 0.2) is 0 Å². The van der Waals surface area contributed by atoms with Crippen LogP contribution < -0.4 is 16.4 Å². The highest BCUT2D eigenvalue weighted by molar-refractivity contribution is 5.86. The first-order valence-corrected chi connectivity index (χ1v) is 6.73. The third kappa shape index (κ3) is 10.1. The molecule has 0 aliphatic rings. The normalized spacial score (nSPS) is 11.9. The lowest BCUT2D eigenvalue weighted by molar-refractivity contribution is -0.127. The van der Waals surface area contributed by atoms with Gasteiger partial charge in [-0.3, -0.25) is 14.4 Å². The molecule has 0 unspecified atom stereocenters. The van der Waals surface area contributed by atoms with Gasteiger partial charge in [-0.05, 0) is 25.2 Å². The highest BCUT2D eigenvalue weighted by atomic mass is 16.2. The molecule has 0 aliphatic heterocycles. The van der Waals surface area contributed by atoms with Crippen molar-refractivity contribution in [1.29, 1.82) is 0 Å². The van der Waals surface area contributed by atoms with Crippen LogP contribution in [0, 0.1) is 5.92 Å². The second kappa shape index (κ2) is 10.3. The van der Waals surface area contributed by atoms with Crippen molar-refractivity contribution in [3.05, 3.63) is 0 Å². The first-order chi connectivity index (χ1) is 8.97. The van der Waals surface area contributed by atoms with E-state index in [0.717, 1.165) is 19.3 Å². The minimum atomic E-state index is -0.579. The van der Waals surface area contributed by atoms with Gasteiger partial charge in [0, 0.05) is 13.0 Å². The molecular weight excluding hydrogens is 246 g/mol. The highest BCUT2D eigenvalue weighted by Crippen LogP contribution is 2.05. The molecule has 6 heteroatoms. The SMILES string of the molecule is CC(C)C[C@H](NC(=O)CCCCCNC=O)C(N)=O. The van der Waals surface area contributed by atoms with Crippen molar-refractivity contribution in [2.45, 2.75) is 52.0 Å². The van der Waals surface area contributed by atoms with Gasteiger partial charge < -0.3 is 16.4 Å². The van der Waals surface area contributed by atoms with Crippen LogP contribution in [0.25, 0.3) is 0 Å². The summed E-state index contributed by atoms with van der Waals surface area (Å²) in [4.78, 5) is 32.8. The van der Waals surface area contributed by atoms with Crippen molar-refractivity contribution in [2.24, 2.45) is 11.7 Å². The first kappa shape index (κ1) is 17.4. The topological polar surface area (TPSA) is 101 Å². The van der Waals surface area contributed by atoms with Gasteiger partial charge in [0.1, 0.15) is 6.04 Å². The maximum Gasteiger partial charge on any atom is 0.240 e. The van der Waals surface area contributed by atoms with E-state index in [0.29, 0.717) is 31.7 Å². The number of nitrogens with two attached hydrogens (primary N) is 1. The quantitative estimate of drug-likeness (QED) is 0.372. The molecule has 110 valence electrons. The Morgan fingerprint density at radius 3 is 2.42 bits per heavy atom. The van der Waals surface area contributed by atoms with Gasteiger partial charge in [0.15, 0.2) is 0 Å². The lowest BCUT2D eigenvalue weighted by atomic mass is 10.0. The van der Waals surface area contributed by atoms with Gasteiger partial charge in [-0.15, -0.1) is 0 Å². The van der Waals surface area contributed by atoms with E-state index in [1.165, 1.54) is 0 Å². The molecule has 0 heterocycles. The molecule has 0 aromatic carbocycles. The van der Waals surface area contributed by atoms with Crippen molar-refractivity contribution in [3.8, 4) is 0 Å². The lowest BCUT2D eigenvalue weighted by Gasteiger charge is -2.17. The molecule has 0 rings (SSSR count). The third-order valence-corrected chi connectivity index (χ3v) is 2.69. The molecule has 4 N–H and O–H groups in total. The zero-order valence-electron chi connectivity index (χ0n) is 11.8. The standard InChI is InChI=1S/C13H25N3O3/c1-10(2)8-11(13(14)19)16-12(18)6-4-3-5-7-15-9-17/h9-11H,3-8H2,1-2H3,(H2,14,19)(H,15,17)(H,16,18)/t11-/m0/s1. The Morgan fingerprint density at radius 1 is 1.21 bits per heavy atom. The monoisotopic (exact) mass is 271 g/mol. The van der Waals surface area contributed by atoms with Crippen LogP contribution in [0.5, 0.6) is 0 Å². The van der Waals surface area contributed by atoms with Crippen LogP contribution in [0.2, 0.25) is 0 Å². The van der Waals surface area contributed by atoms with E-state index in [9.17, 15) is 14.4 Å². The fourth-order valence-electron chi connectivity index (χ4n) is 1.73. The first-order valence-electron chi connectivity index (χ1n) is 6.73. The average Bonchev–Trinajstić information content (AvgIpc) is 2.32. The largest absolute Gasteiger partial charge is 0.368 e. The molecule has 0 aromatic rings. The fourth-order valence-corrected chi connectivity index (χ4v) is 1.73. The zero-order valence-corrected chi connectivity index (χ0v) is 11.8. The fraction of sp³-hybridized carbons (Fsp3) is 0.769. The van der Waals surface area contributed by atoms with Crippen molar-refractivity contribution in [2.75, 3.05) is 6.54 Å². The summed E-state index contributed by atoms with van der Waals surface area (Å²) in [6.07, 6.45) is 4.04. The Kier molecular flexibility index (Phi) is 9.48. The number of primary amides is 1. The number of rotatable bonds is 11. The number of hydrogen-bond acceptors (Lipinski definition) is 3. The van der Waals surface area contributed by atoms with Crippen molar-refractivity contribution < 1.29 is 14.4 Å². The van der Waals surface area contributed by atoms with E-state index >= 15 is 0 Å². The molecule has 0 saturated carbocycles. The molecule has 0 saturated heterocycles. The van der Waals surface area contributed by atoms with Crippen LogP contribution in [0.1, 0.15) is 46.0 Å². The second-order valence-electron chi connectivity index (χ2n) is 5.03. The Balaban J connectivity index is 3.81. The Bertz CT molecular complexity index is 293. The Hall–Kier alpha value is -1.59. The van der Waals surface area contributed by atoms with Crippen LogP contribution >= 0.6 is 0 Å². The summed E-state index contributed by atoms with van der Waals surface area (Å²) in [5.74, 6) is -0.336. The van der Waals surface area contributed by atoms with Crippen LogP contribution in [0.3, 0.4) is 0 Å². The van der Waals surface area contributed by atoms with Crippen molar-refractivity contribution in [1.82, 2.24) is 10.6 Å². The summed E-state index contributed by atoms with van der Waals surface area (Å²) in [5.41, 5.74) is 5.25. The Morgan fingerprint density at radius 2 is 1.89 bits per heavy atom. The molecule has 0 bridgehead atoms. The molecule has 0 radical (unpaired) electrons. The summed E-state index contributed by atoms with van der Waals surface area (Å²) in [6.45, 7) is 4.58. The van der Waals surface area contributed by atoms with Gasteiger partial charge in [-0.1, -0.05) is 20.3 Å². The summed E-state index contributed by atoms with van der Waals surface area (Å²) in [7, 11) is 0. The molecule has 0 aromatic heterocycles. The zero-order chi connectivity index (χ0) is 14.7. The molecule has 1 atom stereocenters. The van der Waals surface area contributed by atoms with Gasteiger partial charge >= 0.3 is 0 Å². The maximum atomic E-state index is 11.6. The number of unbranched alkanes of at least 4 members (excludes halogenated alkanes) is 2. The molecule has 0 spiro atoms. The van der Waals surface area contributed by atoms with Gasteiger partial charge in [0.05, 0.1) is 0 Å². The predicted octanol–water partition coefficient (Wildman–Crippen LogP) is 0.309. The minimum absolute atomic E-state index is 0.146. The van der Waals surface area contributed by atoms with Crippen molar-refractivity contribution in [3.63, 3.8) is 0 Å². The van der Waals surface area contributed by atoms with E-state index in [4.69, 9.17) is 5.73 Å².